The lowest BCUT2D eigenvalue weighted by atomic mass is 10.0. The van der Waals surface area contributed by atoms with Gasteiger partial charge in [-0.3, -0.25) is 0 Å². The Hall–Kier alpha value is -0.0800. The molecular weight excluding hydrogens is 164 g/mol. The van der Waals surface area contributed by atoms with E-state index in [2.05, 4.69) is 6.92 Å². The van der Waals surface area contributed by atoms with Crippen LogP contribution in [0.15, 0.2) is 0 Å². The second-order valence-corrected chi connectivity index (χ2v) is 4.16. The lowest BCUT2D eigenvalue weighted by Gasteiger charge is -2.23. The maximum absolute atomic E-state index is 5.92. The number of hydrogen-bond donors (Lipinski definition) is 0. The quantitative estimate of drug-likeness (QED) is 0.653. The SMILES string of the molecule is [CH]C(CC)C1COC2(CCCC2)O1. The van der Waals surface area contributed by atoms with Gasteiger partial charge in [-0.2, -0.15) is 0 Å². The fourth-order valence-corrected chi connectivity index (χ4v) is 2.23. The van der Waals surface area contributed by atoms with Gasteiger partial charge < -0.3 is 9.47 Å². The summed E-state index contributed by atoms with van der Waals surface area (Å²) in [7, 11) is 0. The van der Waals surface area contributed by atoms with Gasteiger partial charge in [-0.1, -0.05) is 13.3 Å². The van der Waals surface area contributed by atoms with Crippen LogP contribution in [-0.4, -0.2) is 18.5 Å². The van der Waals surface area contributed by atoms with Crippen LogP contribution < -0.4 is 0 Å². The standard InChI is InChI=1S/C11H18O2/c1-3-9(2)10-8-12-11(13-10)6-4-5-7-11/h2,9-10H,3-8H2,1H3. The van der Waals surface area contributed by atoms with Crippen molar-refractivity contribution in [3.63, 3.8) is 0 Å². The van der Waals surface area contributed by atoms with Gasteiger partial charge in [0.05, 0.1) is 12.7 Å². The zero-order valence-electron chi connectivity index (χ0n) is 8.29. The van der Waals surface area contributed by atoms with E-state index in [9.17, 15) is 0 Å². The van der Waals surface area contributed by atoms with Crippen LogP contribution in [0.25, 0.3) is 0 Å². The van der Waals surface area contributed by atoms with Gasteiger partial charge in [0.1, 0.15) is 0 Å². The molecule has 1 heterocycles. The molecule has 1 aliphatic heterocycles. The van der Waals surface area contributed by atoms with Crippen molar-refractivity contribution >= 4 is 0 Å². The van der Waals surface area contributed by atoms with Gasteiger partial charge in [0.2, 0.25) is 0 Å². The van der Waals surface area contributed by atoms with Crippen molar-refractivity contribution < 1.29 is 9.47 Å². The Morgan fingerprint density at radius 1 is 1.46 bits per heavy atom. The topological polar surface area (TPSA) is 18.5 Å². The highest BCUT2D eigenvalue weighted by Crippen LogP contribution is 2.40. The molecule has 1 aliphatic carbocycles. The maximum Gasteiger partial charge on any atom is 0.168 e. The van der Waals surface area contributed by atoms with Gasteiger partial charge in [-0.05, 0) is 25.7 Å². The third kappa shape index (κ3) is 1.75. The van der Waals surface area contributed by atoms with Crippen molar-refractivity contribution in [1.29, 1.82) is 0 Å². The largest absolute Gasteiger partial charge is 0.347 e. The summed E-state index contributed by atoms with van der Waals surface area (Å²) in [6.07, 6.45) is 5.66. The summed E-state index contributed by atoms with van der Waals surface area (Å²) < 4.78 is 11.7. The molecule has 0 aromatic heterocycles. The molecular formula is C11H18O2. The molecule has 2 heteroatoms. The maximum atomic E-state index is 5.92. The molecule has 1 spiro atoms. The Morgan fingerprint density at radius 2 is 2.15 bits per heavy atom. The predicted octanol–water partition coefficient (Wildman–Crippen LogP) is 2.41. The summed E-state index contributed by atoms with van der Waals surface area (Å²) >= 11 is 0. The van der Waals surface area contributed by atoms with Crippen LogP contribution >= 0.6 is 0 Å². The molecule has 0 amide bonds. The van der Waals surface area contributed by atoms with E-state index in [1.807, 2.05) is 0 Å². The number of rotatable bonds is 2. The first kappa shape index (κ1) is 9.47. The highest BCUT2D eigenvalue weighted by atomic mass is 16.7. The van der Waals surface area contributed by atoms with Crippen molar-refractivity contribution in [3.8, 4) is 0 Å². The highest BCUT2D eigenvalue weighted by molar-refractivity contribution is 4.86. The van der Waals surface area contributed by atoms with Crippen molar-refractivity contribution in [1.82, 2.24) is 0 Å². The molecule has 1 saturated carbocycles. The molecule has 2 nitrogen and oxygen atoms in total. The first-order valence-electron chi connectivity index (χ1n) is 5.33. The van der Waals surface area contributed by atoms with Gasteiger partial charge in [-0.15, -0.1) is 0 Å². The Labute approximate surface area is 80.6 Å². The molecule has 0 N–H and O–H groups in total. The van der Waals surface area contributed by atoms with Crippen molar-refractivity contribution in [2.75, 3.05) is 6.61 Å². The van der Waals surface area contributed by atoms with Crippen LogP contribution in [0.1, 0.15) is 39.0 Å². The van der Waals surface area contributed by atoms with Crippen molar-refractivity contribution in [3.05, 3.63) is 6.92 Å². The van der Waals surface area contributed by atoms with Crippen molar-refractivity contribution in [2.45, 2.75) is 50.9 Å². The average Bonchev–Trinajstić information content (AvgIpc) is 2.76. The molecule has 2 atom stereocenters. The third-order valence-electron chi connectivity index (χ3n) is 3.19. The number of ether oxygens (including phenoxy) is 2. The van der Waals surface area contributed by atoms with E-state index in [1.54, 1.807) is 0 Å². The second-order valence-electron chi connectivity index (χ2n) is 4.16. The normalized spacial score (nSPS) is 34.2. The van der Waals surface area contributed by atoms with Crippen LogP contribution in [0.4, 0.5) is 0 Å². The van der Waals surface area contributed by atoms with Gasteiger partial charge in [0.15, 0.2) is 5.79 Å². The van der Waals surface area contributed by atoms with Gasteiger partial charge >= 0.3 is 0 Å². The van der Waals surface area contributed by atoms with E-state index in [0.717, 1.165) is 19.3 Å². The summed E-state index contributed by atoms with van der Waals surface area (Å²) in [5, 5.41) is 0. The van der Waals surface area contributed by atoms with E-state index in [-0.39, 0.29) is 17.8 Å². The van der Waals surface area contributed by atoms with Crippen molar-refractivity contribution in [2.24, 2.45) is 5.92 Å². The van der Waals surface area contributed by atoms with Crippen LogP contribution in [0.5, 0.6) is 0 Å². The van der Waals surface area contributed by atoms with E-state index < -0.39 is 0 Å². The van der Waals surface area contributed by atoms with Crippen LogP contribution in [0.2, 0.25) is 0 Å². The lowest BCUT2D eigenvalue weighted by Crippen LogP contribution is -2.28. The Balaban J connectivity index is 1.93. The van der Waals surface area contributed by atoms with Crippen LogP contribution in [0, 0.1) is 12.8 Å². The smallest absolute Gasteiger partial charge is 0.168 e. The van der Waals surface area contributed by atoms with E-state index in [4.69, 9.17) is 16.4 Å². The van der Waals surface area contributed by atoms with Gasteiger partial charge in [0, 0.05) is 12.8 Å². The molecule has 74 valence electrons. The molecule has 0 aromatic rings. The highest BCUT2D eigenvalue weighted by Gasteiger charge is 2.44. The minimum Gasteiger partial charge on any atom is -0.347 e. The third-order valence-corrected chi connectivity index (χ3v) is 3.19. The minimum absolute atomic E-state index is 0.128. The summed E-state index contributed by atoms with van der Waals surface area (Å²) in [5.41, 5.74) is 0. The van der Waals surface area contributed by atoms with E-state index in [1.165, 1.54) is 12.8 Å². The zero-order chi connectivity index (χ0) is 9.31. The fraction of sp³-hybridized carbons (Fsp3) is 0.909. The summed E-state index contributed by atoms with van der Waals surface area (Å²) in [6, 6.07) is 0. The van der Waals surface area contributed by atoms with Crippen LogP contribution in [0.3, 0.4) is 0 Å². The first-order chi connectivity index (χ1) is 6.26. The molecule has 2 unspecified atom stereocenters. The Morgan fingerprint density at radius 3 is 2.77 bits per heavy atom. The molecule has 2 fully saturated rings. The predicted molar refractivity (Wildman–Crippen MR) is 50.1 cm³/mol. The first-order valence-corrected chi connectivity index (χ1v) is 5.33. The molecule has 2 radical (unpaired) electrons. The monoisotopic (exact) mass is 182 g/mol. The molecule has 2 aliphatic rings. The summed E-state index contributed by atoms with van der Waals surface area (Å²) in [6.45, 7) is 8.70. The summed E-state index contributed by atoms with van der Waals surface area (Å²) in [4.78, 5) is 0. The minimum atomic E-state index is -0.239. The van der Waals surface area contributed by atoms with Gasteiger partial charge in [0.25, 0.3) is 0 Å². The van der Waals surface area contributed by atoms with Gasteiger partial charge in [-0.25, -0.2) is 0 Å². The fourth-order valence-electron chi connectivity index (χ4n) is 2.23. The summed E-state index contributed by atoms with van der Waals surface area (Å²) in [5.74, 6) is -0.0998. The average molecular weight is 182 g/mol. The van der Waals surface area contributed by atoms with Crippen LogP contribution in [-0.2, 0) is 9.47 Å². The molecule has 2 rings (SSSR count). The molecule has 0 aromatic carbocycles. The molecule has 1 saturated heterocycles. The Kier molecular flexibility index (Phi) is 2.61. The zero-order valence-corrected chi connectivity index (χ0v) is 8.29. The second kappa shape index (κ2) is 3.58. The number of hydrogen-bond acceptors (Lipinski definition) is 2. The Bertz CT molecular complexity index is 173. The molecule has 0 bridgehead atoms. The van der Waals surface area contributed by atoms with E-state index >= 15 is 0 Å². The van der Waals surface area contributed by atoms with E-state index in [0.29, 0.717) is 6.61 Å². The molecule has 13 heavy (non-hydrogen) atoms. The lowest BCUT2D eigenvalue weighted by molar-refractivity contribution is -0.165.